The molecule has 6 heteroatoms. The Morgan fingerprint density at radius 1 is 0.963 bits per heavy atom. The van der Waals surface area contributed by atoms with Gasteiger partial charge < -0.3 is 5.32 Å². The van der Waals surface area contributed by atoms with Crippen LogP contribution in [0.2, 0.25) is 0 Å². The number of aryl methyl sites for hydroxylation is 2. The summed E-state index contributed by atoms with van der Waals surface area (Å²) in [5.41, 5.74) is 3.09. The molecule has 2 N–H and O–H groups in total. The third-order valence-electron chi connectivity index (χ3n) is 4.70. The highest BCUT2D eigenvalue weighted by Crippen LogP contribution is 2.15. The van der Waals surface area contributed by atoms with E-state index in [2.05, 4.69) is 10.0 Å². The predicted molar refractivity (Wildman–Crippen MR) is 108 cm³/mol. The van der Waals surface area contributed by atoms with E-state index < -0.39 is 16.1 Å². The van der Waals surface area contributed by atoms with Gasteiger partial charge in [0.2, 0.25) is 15.9 Å². The number of carbonyl (C=O) groups excluding carboxylic acids is 1. The summed E-state index contributed by atoms with van der Waals surface area (Å²) < 4.78 is 28.0. The van der Waals surface area contributed by atoms with Crippen molar-refractivity contribution in [3.8, 4) is 0 Å². The van der Waals surface area contributed by atoms with Gasteiger partial charge in [-0.2, -0.15) is 4.72 Å². The number of amides is 1. The zero-order valence-electron chi connectivity index (χ0n) is 16.3. The highest BCUT2D eigenvalue weighted by Gasteiger charge is 2.29. The van der Waals surface area contributed by atoms with Gasteiger partial charge in [-0.05, 0) is 37.5 Å². The van der Waals surface area contributed by atoms with E-state index in [1.54, 1.807) is 24.3 Å². The van der Waals surface area contributed by atoms with E-state index in [0.29, 0.717) is 13.0 Å². The van der Waals surface area contributed by atoms with Crippen LogP contribution in [0.1, 0.15) is 37.0 Å². The number of benzene rings is 2. The third kappa shape index (κ3) is 5.91. The molecular formula is C21H28N2O3S. The smallest absolute Gasteiger partial charge is 0.241 e. The SMILES string of the molecule is CC[C@@H](C)[C@H](NS(=O)(=O)c1ccc(C)cc1)C(=O)NCc1ccc(C)cc1. The first kappa shape index (κ1) is 21.1. The van der Waals surface area contributed by atoms with Crippen molar-refractivity contribution in [1.82, 2.24) is 10.0 Å². The molecule has 5 nitrogen and oxygen atoms in total. The second kappa shape index (κ2) is 9.15. The average Bonchev–Trinajstić information content (AvgIpc) is 2.65. The quantitative estimate of drug-likeness (QED) is 0.728. The maximum Gasteiger partial charge on any atom is 0.241 e. The number of hydrogen-bond donors (Lipinski definition) is 2. The first-order chi connectivity index (χ1) is 12.7. The maximum absolute atomic E-state index is 12.7. The van der Waals surface area contributed by atoms with Crippen molar-refractivity contribution in [3.63, 3.8) is 0 Å². The lowest BCUT2D eigenvalue weighted by Crippen LogP contribution is -2.49. The van der Waals surface area contributed by atoms with Gasteiger partial charge in [0.05, 0.1) is 4.90 Å². The lowest BCUT2D eigenvalue weighted by molar-refractivity contribution is -0.124. The fourth-order valence-corrected chi connectivity index (χ4v) is 3.93. The van der Waals surface area contributed by atoms with Gasteiger partial charge in [-0.3, -0.25) is 4.79 Å². The topological polar surface area (TPSA) is 75.3 Å². The van der Waals surface area contributed by atoms with E-state index in [1.807, 2.05) is 52.0 Å². The molecule has 2 aromatic rings. The van der Waals surface area contributed by atoms with Gasteiger partial charge in [0.1, 0.15) is 6.04 Å². The van der Waals surface area contributed by atoms with E-state index in [1.165, 1.54) is 0 Å². The minimum atomic E-state index is -3.78. The number of hydrogen-bond acceptors (Lipinski definition) is 3. The Balaban J connectivity index is 2.12. The van der Waals surface area contributed by atoms with Crippen molar-refractivity contribution in [2.45, 2.75) is 51.6 Å². The highest BCUT2D eigenvalue weighted by molar-refractivity contribution is 7.89. The normalized spacial score (nSPS) is 13.8. The summed E-state index contributed by atoms with van der Waals surface area (Å²) in [7, 11) is -3.78. The average molecular weight is 389 g/mol. The van der Waals surface area contributed by atoms with Gasteiger partial charge in [0.15, 0.2) is 0 Å². The Morgan fingerprint density at radius 3 is 2.00 bits per heavy atom. The zero-order valence-corrected chi connectivity index (χ0v) is 17.1. The number of nitrogens with one attached hydrogen (secondary N) is 2. The summed E-state index contributed by atoms with van der Waals surface area (Å²) in [5, 5.41) is 2.85. The van der Waals surface area contributed by atoms with Crippen LogP contribution < -0.4 is 10.0 Å². The van der Waals surface area contributed by atoms with Crippen molar-refractivity contribution >= 4 is 15.9 Å². The van der Waals surface area contributed by atoms with Crippen molar-refractivity contribution in [3.05, 3.63) is 65.2 Å². The van der Waals surface area contributed by atoms with Crippen LogP contribution in [0.15, 0.2) is 53.4 Å². The van der Waals surface area contributed by atoms with Crippen LogP contribution in [0, 0.1) is 19.8 Å². The van der Waals surface area contributed by atoms with E-state index in [9.17, 15) is 13.2 Å². The Kier molecular flexibility index (Phi) is 7.16. The van der Waals surface area contributed by atoms with Gasteiger partial charge in [0, 0.05) is 6.54 Å². The van der Waals surface area contributed by atoms with Crippen LogP contribution in [0.4, 0.5) is 0 Å². The van der Waals surface area contributed by atoms with Gasteiger partial charge in [-0.25, -0.2) is 8.42 Å². The molecule has 0 radical (unpaired) electrons. The molecule has 27 heavy (non-hydrogen) atoms. The number of rotatable bonds is 8. The van der Waals surface area contributed by atoms with Gasteiger partial charge >= 0.3 is 0 Å². The molecule has 0 unspecified atom stereocenters. The minimum absolute atomic E-state index is 0.136. The van der Waals surface area contributed by atoms with Crippen molar-refractivity contribution in [2.24, 2.45) is 5.92 Å². The summed E-state index contributed by atoms with van der Waals surface area (Å²) in [4.78, 5) is 12.9. The number of carbonyl (C=O) groups is 1. The number of sulfonamides is 1. The molecule has 0 spiro atoms. The second-order valence-electron chi connectivity index (χ2n) is 7.00. The van der Waals surface area contributed by atoms with Gasteiger partial charge in [0.25, 0.3) is 0 Å². The zero-order chi connectivity index (χ0) is 20.0. The predicted octanol–water partition coefficient (Wildman–Crippen LogP) is 3.31. The third-order valence-corrected chi connectivity index (χ3v) is 6.15. The molecule has 0 fully saturated rings. The summed E-state index contributed by atoms with van der Waals surface area (Å²) in [6, 6.07) is 13.6. The van der Waals surface area contributed by atoms with Crippen LogP contribution >= 0.6 is 0 Å². The minimum Gasteiger partial charge on any atom is -0.351 e. The first-order valence-electron chi connectivity index (χ1n) is 9.15. The summed E-state index contributed by atoms with van der Waals surface area (Å²) in [6.07, 6.45) is 0.680. The van der Waals surface area contributed by atoms with Crippen LogP contribution in [0.5, 0.6) is 0 Å². The summed E-state index contributed by atoms with van der Waals surface area (Å²) in [5.74, 6) is -0.455. The molecule has 0 bridgehead atoms. The molecule has 2 atom stereocenters. The largest absolute Gasteiger partial charge is 0.351 e. The molecule has 1 amide bonds. The van der Waals surface area contributed by atoms with Gasteiger partial charge in [-0.15, -0.1) is 0 Å². The molecule has 0 saturated heterocycles. The first-order valence-corrected chi connectivity index (χ1v) is 10.6. The Labute approximate surface area is 162 Å². The highest BCUT2D eigenvalue weighted by atomic mass is 32.2. The molecule has 2 rings (SSSR count). The lowest BCUT2D eigenvalue weighted by Gasteiger charge is -2.23. The van der Waals surface area contributed by atoms with Crippen LogP contribution in [0.25, 0.3) is 0 Å². The van der Waals surface area contributed by atoms with Gasteiger partial charge in [-0.1, -0.05) is 67.8 Å². The molecule has 0 aliphatic rings. The summed E-state index contributed by atoms with van der Waals surface area (Å²) >= 11 is 0. The Hall–Kier alpha value is -2.18. The van der Waals surface area contributed by atoms with Crippen LogP contribution in [-0.2, 0) is 21.4 Å². The molecular weight excluding hydrogens is 360 g/mol. The molecule has 2 aromatic carbocycles. The molecule has 0 aliphatic heterocycles. The molecule has 146 valence electrons. The lowest BCUT2D eigenvalue weighted by atomic mass is 9.99. The van der Waals surface area contributed by atoms with E-state index in [4.69, 9.17) is 0 Å². The van der Waals surface area contributed by atoms with Crippen molar-refractivity contribution in [2.75, 3.05) is 0 Å². The monoisotopic (exact) mass is 388 g/mol. The standard InChI is InChI=1S/C21H28N2O3S/c1-5-17(4)20(21(24)22-14-18-10-6-15(2)7-11-18)23-27(25,26)19-12-8-16(3)9-13-19/h6-13,17,20,23H,5,14H2,1-4H3,(H,22,24)/t17-,20+/m1/s1. The van der Waals surface area contributed by atoms with Crippen molar-refractivity contribution < 1.29 is 13.2 Å². The fourth-order valence-electron chi connectivity index (χ4n) is 2.62. The van der Waals surface area contributed by atoms with Crippen LogP contribution in [-0.4, -0.2) is 20.4 Å². The fraction of sp³-hybridized carbons (Fsp3) is 0.381. The Morgan fingerprint density at radius 2 is 1.48 bits per heavy atom. The van der Waals surface area contributed by atoms with E-state index in [0.717, 1.165) is 16.7 Å². The Bertz CT molecular complexity index is 859. The summed E-state index contributed by atoms with van der Waals surface area (Å²) in [6.45, 7) is 8.06. The molecule has 0 heterocycles. The molecule has 0 aromatic heterocycles. The maximum atomic E-state index is 12.7. The van der Waals surface area contributed by atoms with E-state index >= 15 is 0 Å². The molecule has 0 saturated carbocycles. The van der Waals surface area contributed by atoms with E-state index in [-0.39, 0.29) is 16.7 Å². The van der Waals surface area contributed by atoms with Crippen molar-refractivity contribution in [1.29, 1.82) is 0 Å². The van der Waals surface area contributed by atoms with Crippen LogP contribution in [0.3, 0.4) is 0 Å². The molecule has 0 aliphatic carbocycles. The second-order valence-corrected chi connectivity index (χ2v) is 8.71.